The monoisotopic (exact) mass is 253 g/mol. The zero-order chi connectivity index (χ0) is 13.8. The minimum absolute atomic E-state index is 0.197. The van der Waals surface area contributed by atoms with Crippen LogP contribution in [0, 0.1) is 5.41 Å². The van der Waals surface area contributed by atoms with Gasteiger partial charge in [-0.2, -0.15) is 0 Å². The Kier molecular flexibility index (Phi) is 4.79. The van der Waals surface area contributed by atoms with E-state index < -0.39 is 5.60 Å². The van der Waals surface area contributed by atoms with Crippen molar-refractivity contribution >= 4 is 5.96 Å². The molecule has 0 aromatic heterocycles. The van der Waals surface area contributed by atoms with Gasteiger partial charge in [0, 0.05) is 6.54 Å². The molecule has 1 rings (SSSR count). The van der Waals surface area contributed by atoms with Crippen molar-refractivity contribution in [3.05, 3.63) is 12.2 Å². The molecule has 0 aliphatic heterocycles. The average molecular weight is 253 g/mol. The molecule has 104 valence electrons. The van der Waals surface area contributed by atoms with E-state index in [-0.39, 0.29) is 5.41 Å². The Balaban J connectivity index is 2.50. The molecule has 1 atom stereocenters. The summed E-state index contributed by atoms with van der Waals surface area (Å²) in [5.41, 5.74) is 6.26. The van der Waals surface area contributed by atoms with E-state index >= 15 is 0 Å². The highest BCUT2D eigenvalue weighted by Gasteiger charge is 2.38. The Bertz CT molecular complexity index is 336. The molecule has 1 aliphatic rings. The Morgan fingerprint density at radius 2 is 2.11 bits per heavy atom. The van der Waals surface area contributed by atoms with Crippen molar-refractivity contribution in [2.45, 2.75) is 52.1 Å². The second-order valence-corrected chi connectivity index (χ2v) is 6.43. The van der Waals surface area contributed by atoms with Crippen LogP contribution < -0.4 is 11.1 Å². The number of aliphatic imine (C=N–C) groups is 1. The number of guanidine groups is 1. The van der Waals surface area contributed by atoms with Gasteiger partial charge < -0.3 is 16.2 Å². The molecular weight excluding hydrogens is 226 g/mol. The van der Waals surface area contributed by atoms with Crippen LogP contribution in [-0.2, 0) is 0 Å². The van der Waals surface area contributed by atoms with Gasteiger partial charge in [-0.1, -0.05) is 26.0 Å². The Labute approximate surface area is 110 Å². The molecule has 4 N–H and O–H groups in total. The first kappa shape index (κ1) is 15.0. The summed E-state index contributed by atoms with van der Waals surface area (Å²) in [6, 6.07) is 0. The first-order valence-corrected chi connectivity index (χ1v) is 6.63. The van der Waals surface area contributed by atoms with Crippen LogP contribution in [0.3, 0.4) is 0 Å². The van der Waals surface area contributed by atoms with E-state index in [0.717, 1.165) is 24.8 Å². The van der Waals surface area contributed by atoms with Gasteiger partial charge in [0.25, 0.3) is 0 Å². The fraction of sp³-hybridized carbons (Fsp3) is 0.786. The number of hydrogen-bond donors (Lipinski definition) is 3. The molecule has 0 heterocycles. The molecule has 4 heteroatoms. The van der Waals surface area contributed by atoms with Crippen LogP contribution in [0.5, 0.6) is 0 Å². The second-order valence-electron chi connectivity index (χ2n) is 6.43. The van der Waals surface area contributed by atoms with Crippen molar-refractivity contribution in [1.29, 1.82) is 0 Å². The summed E-state index contributed by atoms with van der Waals surface area (Å²) < 4.78 is 0. The summed E-state index contributed by atoms with van der Waals surface area (Å²) in [5, 5.41) is 13.5. The number of hydrogen-bond acceptors (Lipinski definition) is 2. The molecule has 1 saturated carbocycles. The number of rotatable bonds is 4. The van der Waals surface area contributed by atoms with E-state index in [4.69, 9.17) is 5.73 Å². The van der Waals surface area contributed by atoms with Crippen LogP contribution in [0.25, 0.3) is 0 Å². The molecule has 0 aromatic carbocycles. The van der Waals surface area contributed by atoms with E-state index in [1.165, 1.54) is 6.42 Å². The van der Waals surface area contributed by atoms with Gasteiger partial charge in [0.05, 0.1) is 12.1 Å². The smallest absolute Gasteiger partial charge is 0.188 e. The molecule has 0 bridgehead atoms. The summed E-state index contributed by atoms with van der Waals surface area (Å²) in [4.78, 5) is 4.25. The van der Waals surface area contributed by atoms with E-state index in [9.17, 15) is 5.11 Å². The maximum absolute atomic E-state index is 10.5. The maximum atomic E-state index is 10.5. The van der Waals surface area contributed by atoms with E-state index in [1.54, 1.807) is 0 Å². The van der Waals surface area contributed by atoms with Crippen LogP contribution >= 0.6 is 0 Å². The lowest BCUT2D eigenvalue weighted by molar-refractivity contribution is -0.0307. The Hall–Kier alpha value is -1.03. The minimum atomic E-state index is -0.697. The lowest BCUT2D eigenvalue weighted by atomic mass is 9.70. The molecular formula is C14H27N3O. The predicted molar refractivity (Wildman–Crippen MR) is 76.5 cm³/mol. The number of nitrogens with two attached hydrogens (primary N) is 1. The average Bonchev–Trinajstić information content (AvgIpc) is 2.22. The number of nitrogens with zero attached hydrogens (tertiary/aromatic N) is 1. The first-order valence-electron chi connectivity index (χ1n) is 6.63. The van der Waals surface area contributed by atoms with E-state index in [2.05, 4.69) is 30.7 Å². The Morgan fingerprint density at radius 3 is 2.67 bits per heavy atom. The lowest BCUT2D eigenvalue weighted by Gasteiger charge is -2.40. The van der Waals surface area contributed by atoms with Crippen molar-refractivity contribution in [3.63, 3.8) is 0 Å². The summed E-state index contributed by atoms with van der Waals surface area (Å²) in [6.45, 7) is 11.1. The first-order chi connectivity index (χ1) is 8.22. The quantitative estimate of drug-likeness (QED) is 0.406. The van der Waals surface area contributed by atoms with Gasteiger partial charge in [0.2, 0.25) is 0 Å². The number of nitrogens with one attached hydrogen (secondary N) is 1. The molecule has 18 heavy (non-hydrogen) atoms. The maximum Gasteiger partial charge on any atom is 0.188 e. The van der Waals surface area contributed by atoms with Crippen LogP contribution in [0.2, 0.25) is 0 Å². The third-order valence-corrected chi connectivity index (χ3v) is 3.42. The lowest BCUT2D eigenvalue weighted by Crippen LogP contribution is -2.43. The van der Waals surface area contributed by atoms with Crippen molar-refractivity contribution in [2.24, 2.45) is 16.1 Å². The third kappa shape index (κ3) is 5.08. The molecule has 1 fully saturated rings. The topological polar surface area (TPSA) is 70.6 Å². The second kappa shape index (κ2) is 5.74. The molecule has 0 aromatic rings. The van der Waals surface area contributed by atoms with Crippen molar-refractivity contribution in [1.82, 2.24) is 5.32 Å². The standard InChI is InChI=1S/C14H27N3O/c1-11(2)8-16-12(15)17-10-14(18)7-5-6-13(3,4)9-14/h18H,1,5-10H2,2-4H3,(H3,15,16,17). The fourth-order valence-electron chi connectivity index (χ4n) is 2.63. The zero-order valence-electron chi connectivity index (χ0n) is 11.9. The van der Waals surface area contributed by atoms with Crippen molar-refractivity contribution < 1.29 is 5.11 Å². The summed E-state index contributed by atoms with van der Waals surface area (Å²) in [5.74, 6) is 0.384. The molecule has 4 nitrogen and oxygen atoms in total. The third-order valence-electron chi connectivity index (χ3n) is 3.42. The van der Waals surface area contributed by atoms with E-state index in [1.807, 2.05) is 6.92 Å². The SMILES string of the molecule is C=C(C)CNC(N)=NCC1(O)CCCC(C)(C)C1. The van der Waals surface area contributed by atoms with E-state index in [0.29, 0.717) is 19.0 Å². The van der Waals surface area contributed by atoms with Gasteiger partial charge >= 0.3 is 0 Å². The Morgan fingerprint density at radius 1 is 1.44 bits per heavy atom. The minimum Gasteiger partial charge on any atom is -0.388 e. The normalized spacial score (nSPS) is 27.9. The fourth-order valence-corrected chi connectivity index (χ4v) is 2.63. The largest absolute Gasteiger partial charge is 0.388 e. The molecule has 0 spiro atoms. The molecule has 0 radical (unpaired) electrons. The molecule has 1 aliphatic carbocycles. The van der Waals surface area contributed by atoms with Gasteiger partial charge in [-0.15, -0.1) is 0 Å². The van der Waals surface area contributed by atoms with Crippen LogP contribution in [0.1, 0.15) is 46.5 Å². The predicted octanol–water partition coefficient (Wildman–Crippen LogP) is 1.80. The van der Waals surface area contributed by atoms with Gasteiger partial charge in [-0.05, 0) is 38.0 Å². The highest BCUT2D eigenvalue weighted by atomic mass is 16.3. The zero-order valence-corrected chi connectivity index (χ0v) is 11.9. The highest BCUT2D eigenvalue weighted by molar-refractivity contribution is 5.78. The summed E-state index contributed by atoms with van der Waals surface area (Å²) in [7, 11) is 0. The molecule has 0 amide bonds. The van der Waals surface area contributed by atoms with Gasteiger partial charge in [-0.25, -0.2) is 0 Å². The van der Waals surface area contributed by atoms with Gasteiger partial charge in [0.1, 0.15) is 0 Å². The van der Waals surface area contributed by atoms with Gasteiger partial charge in [-0.3, -0.25) is 4.99 Å². The van der Waals surface area contributed by atoms with Crippen molar-refractivity contribution in [3.8, 4) is 0 Å². The molecule has 0 saturated heterocycles. The van der Waals surface area contributed by atoms with Crippen LogP contribution in [0.4, 0.5) is 0 Å². The molecule has 1 unspecified atom stereocenters. The summed E-state index contributed by atoms with van der Waals surface area (Å²) in [6.07, 6.45) is 3.82. The van der Waals surface area contributed by atoms with Crippen LogP contribution in [-0.4, -0.2) is 29.8 Å². The van der Waals surface area contributed by atoms with Crippen molar-refractivity contribution in [2.75, 3.05) is 13.1 Å². The number of aliphatic hydroxyl groups is 1. The summed E-state index contributed by atoms with van der Waals surface area (Å²) >= 11 is 0. The highest BCUT2D eigenvalue weighted by Crippen LogP contribution is 2.40. The van der Waals surface area contributed by atoms with Gasteiger partial charge in [0.15, 0.2) is 5.96 Å². The van der Waals surface area contributed by atoms with Crippen LogP contribution in [0.15, 0.2) is 17.1 Å².